The van der Waals surface area contributed by atoms with Crippen LogP contribution >= 0.6 is 0 Å². The van der Waals surface area contributed by atoms with Gasteiger partial charge in [-0.25, -0.2) is 0 Å². The van der Waals surface area contributed by atoms with Crippen molar-refractivity contribution in [2.24, 2.45) is 0 Å². The van der Waals surface area contributed by atoms with Crippen LogP contribution in [0.3, 0.4) is 0 Å². The number of nitrogens with one attached hydrogen (secondary N) is 1. The Balaban J connectivity index is 2.29. The average molecular weight is 1010 g/mol. The van der Waals surface area contributed by atoms with E-state index in [0.717, 1.165) is 38.5 Å². The van der Waals surface area contributed by atoms with Gasteiger partial charge in [0.1, 0.15) is 36.6 Å². The van der Waals surface area contributed by atoms with Crippen molar-refractivity contribution >= 4 is 5.91 Å². The molecule has 0 aromatic heterocycles. The molecule has 11 heteroatoms. The number of allylic oxidation sites excluding steroid dienone is 2. The van der Waals surface area contributed by atoms with E-state index in [0.29, 0.717) is 12.8 Å². The summed E-state index contributed by atoms with van der Waals surface area (Å²) >= 11 is 0. The molecule has 9 atom stereocenters. The number of hydrogen-bond donors (Lipinski definition) is 8. The van der Waals surface area contributed by atoms with Gasteiger partial charge in [-0.3, -0.25) is 4.79 Å². The minimum absolute atomic E-state index is 0.260. The maximum Gasteiger partial charge on any atom is 0.249 e. The van der Waals surface area contributed by atoms with Gasteiger partial charge in [-0.15, -0.1) is 0 Å². The highest BCUT2D eigenvalue weighted by molar-refractivity contribution is 5.80. The lowest BCUT2D eigenvalue weighted by Crippen LogP contribution is -2.60. The van der Waals surface area contributed by atoms with E-state index < -0.39 is 74.2 Å². The number of aliphatic hydroxyl groups excluding tert-OH is 7. The first kappa shape index (κ1) is 67.9. The Bertz CT molecular complexity index is 1160. The van der Waals surface area contributed by atoms with E-state index in [-0.39, 0.29) is 12.8 Å². The highest BCUT2D eigenvalue weighted by Crippen LogP contribution is 2.24. The summed E-state index contributed by atoms with van der Waals surface area (Å²) in [5, 5.41) is 76.2. The second-order valence-corrected chi connectivity index (χ2v) is 21.8. The average Bonchev–Trinajstić information content (AvgIpc) is 3.37. The SMILES string of the molecule is CCCCCCCCCCCCCCCCCCCCC/C=C/CCCC(O)C(O)C(COC1OC(CO)C(O)C(O)C1O)NC(=O)C(O)CCCCCCCCCCCCCCCCCCCCCC. The zero-order valence-corrected chi connectivity index (χ0v) is 46.2. The summed E-state index contributed by atoms with van der Waals surface area (Å²) in [5.74, 6) is -0.700. The summed E-state index contributed by atoms with van der Waals surface area (Å²) in [6.07, 6.45) is 47.0. The quantitative estimate of drug-likeness (QED) is 0.0215. The zero-order valence-electron chi connectivity index (χ0n) is 46.2. The number of ether oxygens (including phenoxy) is 2. The third-order valence-electron chi connectivity index (χ3n) is 15.1. The number of unbranched alkanes of at least 4 members (excludes halogenated alkanes) is 39. The molecule has 1 aliphatic rings. The van der Waals surface area contributed by atoms with Crippen molar-refractivity contribution in [3.05, 3.63) is 12.2 Å². The Morgan fingerprint density at radius 1 is 0.479 bits per heavy atom. The lowest BCUT2D eigenvalue weighted by atomic mass is 9.98. The van der Waals surface area contributed by atoms with Crippen molar-refractivity contribution in [2.45, 2.75) is 351 Å². The maximum atomic E-state index is 13.2. The topological polar surface area (TPSA) is 189 Å². The molecule has 1 rings (SSSR count). The smallest absolute Gasteiger partial charge is 0.249 e. The van der Waals surface area contributed by atoms with Crippen molar-refractivity contribution in [2.75, 3.05) is 13.2 Å². The molecule has 0 aromatic carbocycles. The summed E-state index contributed by atoms with van der Waals surface area (Å²) in [6, 6.07) is -1.18. The number of amides is 1. The second kappa shape index (κ2) is 49.7. The zero-order chi connectivity index (χ0) is 51.8. The number of aliphatic hydroxyl groups is 7. The predicted molar refractivity (Wildman–Crippen MR) is 293 cm³/mol. The number of carbonyl (C=O) groups is 1. The van der Waals surface area contributed by atoms with Gasteiger partial charge in [0.15, 0.2) is 6.29 Å². The minimum Gasteiger partial charge on any atom is -0.394 e. The Hall–Kier alpha value is -1.15. The van der Waals surface area contributed by atoms with Gasteiger partial charge < -0.3 is 50.5 Å². The number of hydrogen-bond acceptors (Lipinski definition) is 10. The molecule has 0 bridgehead atoms. The van der Waals surface area contributed by atoms with E-state index in [4.69, 9.17) is 9.47 Å². The molecule has 11 nitrogen and oxygen atoms in total. The molecule has 8 N–H and O–H groups in total. The molecule has 9 unspecified atom stereocenters. The van der Waals surface area contributed by atoms with Crippen LogP contribution in [0.15, 0.2) is 12.2 Å². The molecule has 422 valence electrons. The molecule has 1 amide bonds. The summed E-state index contributed by atoms with van der Waals surface area (Å²) in [5.41, 5.74) is 0. The third kappa shape index (κ3) is 38.1. The van der Waals surface area contributed by atoms with Gasteiger partial charge >= 0.3 is 0 Å². The predicted octanol–water partition coefficient (Wildman–Crippen LogP) is 13.1. The van der Waals surface area contributed by atoms with Gasteiger partial charge in [0.25, 0.3) is 0 Å². The van der Waals surface area contributed by atoms with Crippen molar-refractivity contribution in [1.82, 2.24) is 5.32 Å². The summed E-state index contributed by atoms with van der Waals surface area (Å²) in [7, 11) is 0. The molecular weight excluding hydrogens is 895 g/mol. The molecule has 71 heavy (non-hydrogen) atoms. The molecule has 0 radical (unpaired) electrons. The van der Waals surface area contributed by atoms with Crippen molar-refractivity contribution in [3.8, 4) is 0 Å². The largest absolute Gasteiger partial charge is 0.394 e. The molecule has 0 spiro atoms. The summed E-state index contributed by atoms with van der Waals surface area (Å²) < 4.78 is 11.2. The van der Waals surface area contributed by atoms with Gasteiger partial charge in [-0.1, -0.05) is 270 Å². The highest BCUT2D eigenvalue weighted by Gasteiger charge is 2.44. The molecule has 0 aromatic rings. The molecular formula is C60H117NO10. The van der Waals surface area contributed by atoms with Crippen LogP contribution < -0.4 is 5.32 Å². The van der Waals surface area contributed by atoms with Crippen LogP contribution in [0.5, 0.6) is 0 Å². The van der Waals surface area contributed by atoms with E-state index in [1.165, 1.54) is 218 Å². The van der Waals surface area contributed by atoms with Crippen LogP contribution in [-0.2, 0) is 14.3 Å². The van der Waals surface area contributed by atoms with Crippen LogP contribution in [0.4, 0.5) is 0 Å². The summed E-state index contributed by atoms with van der Waals surface area (Å²) in [6.45, 7) is 3.49. The fraction of sp³-hybridized carbons (Fsp3) is 0.950. The van der Waals surface area contributed by atoms with Crippen LogP contribution in [0.2, 0.25) is 0 Å². The van der Waals surface area contributed by atoms with Crippen LogP contribution in [0.1, 0.15) is 296 Å². The van der Waals surface area contributed by atoms with Gasteiger partial charge in [0.2, 0.25) is 5.91 Å². The second-order valence-electron chi connectivity index (χ2n) is 21.8. The van der Waals surface area contributed by atoms with Gasteiger partial charge in [-0.05, 0) is 38.5 Å². The maximum absolute atomic E-state index is 13.2. The lowest BCUT2D eigenvalue weighted by molar-refractivity contribution is -0.303. The fourth-order valence-corrected chi connectivity index (χ4v) is 10.1. The Morgan fingerprint density at radius 3 is 1.21 bits per heavy atom. The van der Waals surface area contributed by atoms with Crippen LogP contribution in [-0.4, -0.2) is 110 Å². The molecule has 0 aliphatic carbocycles. The first-order valence-electron chi connectivity index (χ1n) is 30.6. The van der Waals surface area contributed by atoms with Gasteiger partial charge in [-0.2, -0.15) is 0 Å². The molecule has 1 saturated heterocycles. The summed E-state index contributed by atoms with van der Waals surface area (Å²) in [4.78, 5) is 13.2. The molecule has 1 aliphatic heterocycles. The van der Waals surface area contributed by atoms with Crippen LogP contribution in [0, 0.1) is 0 Å². The highest BCUT2D eigenvalue weighted by atomic mass is 16.7. The number of rotatable bonds is 53. The standard InChI is InChI=1S/C60H117NO10/c1-3-5-7-9-11-13-15-17-19-21-23-25-26-27-28-30-31-33-35-37-39-41-43-45-47-52(63)55(65)51(50-70-60-58(68)57(67)56(66)54(49-62)71-60)61-59(69)53(64)48-46-44-42-40-38-36-34-32-29-24-22-20-18-16-14-12-10-8-6-4-2/h39,41,51-58,60,62-68H,3-38,40,42-50H2,1-2H3,(H,61,69)/b41-39+. The fourth-order valence-electron chi connectivity index (χ4n) is 10.1. The molecule has 1 heterocycles. The van der Waals surface area contributed by atoms with E-state index >= 15 is 0 Å². The lowest BCUT2D eigenvalue weighted by Gasteiger charge is -2.40. The molecule has 0 saturated carbocycles. The monoisotopic (exact) mass is 1010 g/mol. The first-order chi connectivity index (χ1) is 34.7. The number of carbonyl (C=O) groups excluding carboxylic acids is 1. The Labute approximate surface area is 436 Å². The van der Waals surface area contributed by atoms with E-state index in [1.54, 1.807) is 0 Å². The van der Waals surface area contributed by atoms with Crippen molar-refractivity contribution < 1.29 is 50.0 Å². The van der Waals surface area contributed by atoms with E-state index in [9.17, 15) is 40.5 Å². The van der Waals surface area contributed by atoms with E-state index in [2.05, 4.69) is 31.3 Å². The van der Waals surface area contributed by atoms with Crippen molar-refractivity contribution in [1.29, 1.82) is 0 Å². The minimum atomic E-state index is -1.67. The van der Waals surface area contributed by atoms with Gasteiger partial charge in [0, 0.05) is 0 Å². The van der Waals surface area contributed by atoms with E-state index in [1.807, 2.05) is 0 Å². The molecule has 1 fully saturated rings. The third-order valence-corrected chi connectivity index (χ3v) is 15.1. The van der Waals surface area contributed by atoms with Gasteiger partial charge in [0.05, 0.1) is 25.4 Å². The first-order valence-corrected chi connectivity index (χ1v) is 30.6. The van der Waals surface area contributed by atoms with Crippen molar-refractivity contribution in [3.63, 3.8) is 0 Å². The Morgan fingerprint density at radius 2 is 0.831 bits per heavy atom. The Kier molecular flexibility index (Phi) is 47.5. The normalized spacial score (nSPS) is 20.2. The van der Waals surface area contributed by atoms with Crippen LogP contribution in [0.25, 0.3) is 0 Å².